The van der Waals surface area contributed by atoms with Crippen LogP contribution in [0.2, 0.25) is 0 Å². The number of carbonyl (C=O) groups is 1. The van der Waals surface area contributed by atoms with E-state index < -0.39 is 22.0 Å². The van der Waals surface area contributed by atoms with Crippen molar-refractivity contribution in [3.63, 3.8) is 0 Å². The van der Waals surface area contributed by atoms with Crippen LogP contribution in [-0.4, -0.2) is 31.2 Å². The largest absolute Gasteiger partial charge is 0.324 e. The average Bonchev–Trinajstić information content (AvgIpc) is 2.99. The van der Waals surface area contributed by atoms with Crippen molar-refractivity contribution in [3.05, 3.63) is 58.2 Å². The second-order valence-electron chi connectivity index (χ2n) is 6.60. The van der Waals surface area contributed by atoms with E-state index in [-0.39, 0.29) is 4.87 Å². The first kappa shape index (κ1) is 21.1. The molecule has 0 aliphatic carbocycles. The van der Waals surface area contributed by atoms with Gasteiger partial charge in [-0.15, -0.1) is 0 Å². The lowest BCUT2D eigenvalue weighted by atomic mass is 10.1. The van der Waals surface area contributed by atoms with Gasteiger partial charge in [0, 0.05) is 12.2 Å². The quantitative estimate of drug-likeness (QED) is 0.619. The number of hydrogen-bond acceptors (Lipinski definition) is 5. The maximum absolute atomic E-state index is 13.0. The molecule has 0 bridgehead atoms. The number of hydrogen-bond donors (Lipinski definition) is 1. The number of nitrogens with one attached hydrogen (secondary N) is 1. The lowest BCUT2D eigenvalue weighted by Crippen LogP contribution is -2.46. The first-order valence-electron chi connectivity index (χ1n) is 9.25. The van der Waals surface area contributed by atoms with Crippen LogP contribution in [0.4, 0.5) is 11.4 Å². The summed E-state index contributed by atoms with van der Waals surface area (Å²) in [6, 6.07) is 12.9. The molecule has 3 rings (SSSR count). The Bertz CT molecular complexity index is 1180. The minimum absolute atomic E-state index is 0.0512. The molecule has 154 valence electrons. The van der Waals surface area contributed by atoms with Crippen LogP contribution in [-0.2, 0) is 21.4 Å². The molecule has 1 unspecified atom stereocenters. The molecule has 7 nitrogen and oxygen atoms in total. The molecule has 0 aliphatic rings. The molecule has 2 aromatic carbocycles. The summed E-state index contributed by atoms with van der Waals surface area (Å²) < 4.78 is 28.5. The number of fused-ring (bicyclic) bond motifs is 1. The molecular weight excluding hydrogens is 410 g/mol. The molecular formula is C20H23N3O4S2. The predicted octanol–water partition coefficient (Wildman–Crippen LogP) is 3.27. The molecule has 0 saturated heterocycles. The highest BCUT2D eigenvalue weighted by molar-refractivity contribution is 7.92. The van der Waals surface area contributed by atoms with Crippen molar-refractivity contribution in [2.45, 2.75) is 32.9 Å². The van der Waals surface area contributed by atoms with Crippen LogP contribution in [0.15, 0.2) is 53.3 Å². The van der Waals surface area contributed by atoms with Crippen LogP contribution in [0.5, 0.6) is 0 Å². The Hall–Kier alpha value is -2.65. The number of anilines is 2. The van der Waals surface area contributed by atoms with E-state index in [0.717, 1.165) is 32.1 Å². The monoisotopic (exact) mass is 433 g/mol. The second kappa shape index (κ2) is 8.38. The first-order valence-corrected chi connectivity index (χ1v) is 11.9. The van der Waals surface area contributed by atoms with E-state index in [9.17, 15) is 18.0 Å². The van der Waals surface area contributed by atoms with E-state index in [1.54, 1.807) is 60.0 Å². The smallest absolute Gasteiger partial charge is 0.308 e. The molecule has 0 fully saturated rings. The molecule has 29 heavy (non-hydrogen) atoms. The van der Waals surface area contributed by atoms with Gasteiger partial charge in [-0.2, -0.15) is 0 Å². The van der Waals surface area contributed by atoms with Crippen molar-refractivity contribution in [1.82, 2.24) is 4.57 Å². The van der Waals surface area contributed by atoms with Crippen molar-refractivity contribution in [3.8, 4) is 0 Å². The zero-order valence-corrected chi connectivity index (χ0v) is 18.1. The van der Waals surface area contributed by atoms with E-state index in [1.165, 1.54) is 0 Å². The third kappa shape index (κ3) is 4.35. The number of aryl methyl sites for hydroxylation is 1. The van der Waals surface area contributed by atoms with Crippen LogP contribution < -0.4 is 14.5 Å². The van der Waals surface area contributed by atoms with Crippen LogP contribution in [0.1, 0.15) is 20.3 Å². The van der Waals surface area contributed by atoms with Gasteiger partial charge in [0.15, 0.2) is 0 Å². The van der Waals surface area contributed by atoms with Gasteiger partial charge < -0.3 is 5.32 Å². The second-order valence-corrected chi connectivity index (χ2v) is 9.46. The van der Waals surface area contributed by atoms with E-state index in [4.69, 9.17) is 0 Å². The lowest BCUT2D eigenvalue weighted by molar-refractivity contribution is -0.117. The Balaban J connectivity index is 1.93. The summed E-state index contributed by atoms with van der Waals surface area (Å²) in [4.78, 5) is 25.0. The maximum atomic E-state index is 13.0. The molecule has 1 heterocycles. The highest BCUT2D eigenvalue weighted by Gasteiger charge is 2.31. The normalized spacial score (nSPS) is 12.7. The highest BCUT2D eigenvalue weighted by Crippen LogP contribution is 2.25. The number of sulfonamides is 1. The lowest BCUT2D eigenvalue weighted by Gasteiger charge is -2.30. The molecule has 9 heteroatoms. The zero-order chi connectivity index (χ0) is 21.2. The van der Waals surface area contributed by atoms with Gasteiger partial charge in [-0.1, -0.05) is 36.5 Å². The topological polar surface area (TPSA) is 88.5 Å². The van der Waals surface area contributed by atoms with Gasteiger partial charge in [-0.25, -0.2) is 8.42 Å². The molecule has 0 radical (unpaired) electrons. The summed E-state index contributed by atoms with van der Waals surface area (Å²) in [5.41, 5.74) is 1.77. The fraction of sp³-hybridized carbons (Fsp3) is 0.300. The number of aromatic nitrogens is 1. The minimum Gasteiger partial charge on any atom is -0.324 e. The van der Waals surface area contributed by atoms with Crippen molar-refractivity contribution < 1.29 is 13.2 Å². The molecule has 0 spiro atoms. The van der Waals surface area contributed by atoms with Crippen LogP contribution in [0.3, 0.4) is 0 Å². The molecule has 1 amide bonds. The van der Waals surface area contributed by atoms with Crippen molar-refractivity contribution in [1.29, 1.82) is 0 Å². The number of nitrogens with zero attached hydrogens (tertiary/aromatic N) is 2. The maximum Gasteiger partial charge on any atom is 0.308 e. The summed E-state index contributed by atoms with van der Waals surface area (Å²) >= 11 is 1.12. The minimum atomic E-state index is -3.68. The third-order valence-corrected chi connectivity index (χ3v) is 6.71. The summed E-state index contributed by atoms with van der Waals surface area (Å²) in [5, 5.41) is 2.80. The number of carbonyl (C=O) groups excluding carboxylic acids is 1. The fourth-order valence-corrected chi connectivity index (χ4v) is 5.51. The van der Waals surface area contributed by atoms with Crippen LogP contribution in [0, 0.1) is 0 Å². The van der Waals surface area contributed by atoms with Gasteiger partial charge in [-0.3, -0.25) is 18.5 Å². The van der Waals surface area contributed by atoms with Crippen molar-refractivity contribution in [2.24, 2.45) is 0 Å². The van der Waals surface area contributed by atoms with Gasteiger partial charge in [0.1, 0.15) is 6.04 Å². The number of amides is 1. The molecule has 0 saturated carbocycles. The molecule has 3 aromatic rings. The Kier molecular flexibility index (Phi) is 6.09. The van der Waals surface area contributed by atoms with Gasteiger partial charge in [0.2, 0.25) is 15.9 Å². The Morgan fingerprint density at radius 1 is 1.17 bits per heavy atom. The Morgan fingerprint density at radius 3 is 2.45 bits per heavy atom. The van der Waals surface area contributed by atoms with Gasteiger partial charge in [0.25, 0.3) is 0 Å². The van der Waals surface area contributed by atoms with E-state index >= 15 is 0 Å². The van der Waals surface area contributed by atoms with Crippen molar-refractivity contribution >= 4 is 48.9 Å². The Labute approximate surface area is 173 Å². The summed E-state index contributed by atoms with van der Waals surface area (Å²) in [6.45, 7) is 4.24. The highest BCUT2D eigenvalue weighted by atomic mass is 32.2. The average molecular weight is 434 g/mol. The van der Waals surface area contributed by atoms with E-state index in [1.807, 2.05) is 6.92 Å². The SMILES string of the molecule is CCC(C(=O)Nc1ccc2c(c1)sc(=O)n2CC)N(c1ccccc1)S(C)(=O)=O. The predicted molar refractivity (Wildman–Crippen MR) is 118 cm³/mol. The third-order valence-electron chi connectivity index (χ3n) is 4.59. The molecule has 0 aliphatic heterocycles. The number of thiazole rings is 1. The van der Waals surface area contributed by atoms with Gasteiger partial charge in [-0.05, 0) is 43.7 Å². The van der Waals surface area contributed by atoms with Gasteiger partial charge in [0.05, 0.1) is 22.2 Å². The summed E-state index contributed by atoms with van der Waals surface area (Å²) in [6.07, 6.45) is 1.39. The first-order chi connectivity index (χ1) is 13.8. The zero-order valence-electron chi connectivity index (χ0n) is 16.5. The molecule has 1 aromatic heterocycles. The van der Waals surface area contributed by atoms with E-state index in [2.05, 4.69) is 5.32 Å². The standard InChI is InChI=1S/C20H23N3O4S2/c1-4-16(23(29(3,26)27)15-9-7-6-8-10-15)19(24)21-14-11-12-17-18(13-14)28-20(25)22(17)5-2/h6-13,16H,4-5H2,1-3H3,(H,21,24). The summed E-state index contributed by atoms with van der Waals surface area (Å²) in [5.74, 6) is -0.427. The van der Waals surface area contributed by atoms with E-state index in [0.29, 0.717) is 24.3 Å². The van der Waals surface area contributed by atoms with Gasteiger partial charge >= 0.3 is 4.87 Å². The number of benzene rings is 2. The summed E-state index contributed by atoms with van der Waals surface area (Å²) in [7, 11) is -3.68. The fourth-order valence-electron chi connectivity index (χ4n) is 3.30. The molecule has 1 atom stereocenters. The number of para-hydroxylation sites is 1. The van der Waals surface area contributed by atoms with Crippen LogP contribution >= 0.6 is 11.3 Å². The number of rotatable bonds is 7. The molecule has 1 N–H and O–H groups in total. The van der Waals surface area contributed by atoms with Crippen molar-refractivity contribution in [2.75, 3.05) is 15.9 Å². The Morgan fingerprint density at radius 2 is 1.86 bits per heavy atom. The van der Waals surface area contributed by atoms with Crippen LogP contribution in [0.25, 0.3) is 10.2 Å².